The molecule has 5 nitrogen and oxygen atoms in total. The molecular formula is C15H21NO4S. The lowest BCUT2D eigenvalue weighted by Crippen LogP contribution is -2.39. The Bertz CT molecular complexity index is 625. The molecule has 6 heteroatoms. The van der Waals surface area contributed by atoms with E-state index in [1.54, 1.807) is 0 Å². The van der Waals surface area contributed by atoms with Gasteiger partial charge in [-0.15, -0.1) is 0 Å². The largest absolute Gasteiger partial charge is 0.492 e. The minimum absolute atomic E-state index is 0.287. The summed E-state index contributed by atoms with van der Waals surface area (Å²) in [6.07, 6.45) is 4.47. The molecule has 0 saturated carbocycles. The van der Waals surface area contributed by atoms with Crippen molar-refractivity contribution in [3.63, 3.8) is 0 Å². The molecule has 21 heavy (non-hydrogen) atoms. The van der Waals surface area contributed by atoms with E-state index in [1.165, 1.54) is 24.5 Å². The Labute approximate surface area is 125 Å². The van der Waals surface area contributed by atoms with Crippen LogP contribution in [-0.2, 0) is 27.5 Å². The zero-order chi connectivity index (χ0) is 15.5. The lowest BCUT2D eigenvalue weighted by Gasteiger charge is -2.11. The van der Waals surface area contributed by atoms with Crippen LogP contribution in [-0.4, -0.2) is 39.0 Å². The van der Waals surface area contributed by atoms with E-state index in [9.17, 15) is 13.2 Å². The SMILES string of the molecule is C[C@H](C(=O)NCCOc1ccc2c(c1)CCC2)S(C)(=O)=O. The predicted molar refractivity (Wildman–Crippen MR) is 81.3 cm³/mol. The van der Waals surface area contributed by atoms with Gasteiger partial charge in [-0.1, -0.05) is 6.07 Å². The summed E-state index contributed by atoms with van der Waals surface area (Å²) in [4.78, 5) is 11.6. The second-order valence-corrected chi connectivity index (χ2v) is 7.76. The Morgan fingerprint density at radius 2 is 2.05 bits per heavy atom. The molecule has 0 aliphatic heterocycles. The van der Waals surface area contributed by atoms with Crippen LogP contribution in [0.4, 0.5) is 0 Å². The molecule has 1 aromatic rings. The maximum Gasteiger partial charge on any atom is 0.238 e. The van der Waals surface area contributed by atoms with Crippen molar-refractivity contribution in [2.45, 2.75) is 31.4 Å². The third-order valence-corrected chi connectivity index (χ3v) is 5.25. The molecule has 0 unspecified atom stereocenters. The lowest BCUT2D eigenvalue weighted by molar-refractivity contribution is -0.120. The van der Waals surface area contributed by atoms with E-state index in [0.29, 0.717) is 6.61 Å². The van der Waals surface area contributed by atoms with E-state index in [1.807, 2.05) is 12.1 Å². The van der Waals surface area contributed by atoms with Gasteiger partial charge in [-0.2, -0.15) is 0 Å². The normalized spacial score (nSPS) is 15.3. The standard InChI is InChI=1S/C15H21NO4S/c1-11(21(2,18)19)15(17)16-8-9-20-14-7-6-12-4-3-5-13(12)10-14/h6-7,10-11H,3-5,8-9H2,1-2H3,(H,16,17)/t11-/m1/s1. The fraction of sp³-hybridized carbons (Fsp3) is 0.533. The Hall–Kier alpha value is -1.56. The summed E-state index contributed by atoms with van der Waals surface area (Å²) in [5.74, 6) is 0.302. The molecule has 1 amide bonds. The number of ether oxygens (including phenoxy) is 1. The smallest absolute Gasteiger partial charge is 0.238 e. The molecule has 0 saturated heterocycles. The van der Waals surface area contributed by atoms with Crippen molar-refractivity contribution in [1.29, 1.82) is 0 Å². The number of aryl methyl sites for hydroxylation is 2. The summed E-state index contributed by atoms with van der Waals surface area (Å²) in [5.41, 5.74) is 2.72. The Balaban J connectivity index is 1.76. The van der Waals surface area contributed by atoms with E-state index in [4.69, 9.17) is 4.74 Å². The number of hydrogen-bond donors (Lipinski definition) is 1. The second kappa shape index (κ2) is 6.47. The van der Waals surface area contributed by atoms with Gasteiger partial charge in [0.2, 0.25) is 5.91 Å². The van der Waals surface area contributed by atoms with Gasteiger partial charge in [-0.25, -0.2) is 8.42 Å². The molecule has 1 aliphatic rings. The summed E-state index contributed by atoms with van der Waals surface area (Å²) in [6, 6.07) is 6.07. The second-order valence-electron chi connectivity index (χ2n) is 5.40. The van der Waals surface area contributed by atoms with Crippen molar-refractivity contribution in [2.75, 3.05) is 19.4 Å². The van der Waals surface area contributed by atoms with Crippen LogP contribution in [0.1, 0.15) is 24.5 Å². The number of amides is 1. The summed E-state index contributed by atoms with van der Waals surface area (Å²) >= 11 is 0. The van der Waals surface area contributed by atoms with Gasteiger partial charge in [-0.3, -0.25) is 4.79 Å². The molecule has 1 atom stereocenters. The average Bonchev–Trinajstić information content (AvgIpc) is 2.89. The molecule has 0 fully saturated rings. The van der Waals surface area contributed by atoms with Gasteiger partial charge in [0.15, 0.2) is 9.84 Å². The molecule has 0 aromatic heterocycles. The third-order valence-electron chi connectivity index (χ3n) is 3.75. The van der Waals surface area contributed by atoms with Crippen LogP contribution in [0.5, 0.6) is 5.75 Å². The minimum Gasteiger partial charge on any atom is -0.492 e. The molecular weight excluding hydrogens is 290 g/mol. The van der Waals surface area contributed by atoms with Crippen molar-refractivity contribution >= 4 is 15.7 Å². The van der Waals surface area contributed by atoms with Gasteiger partial charge in [-0.05, 0) is 49.4 Å². The van der Waals surface area contributed by atoms with Crippen molar-refractivity contribution in [3.8, 4) is 5.75 Å². The zero-order valence-corrected chi connectivity index (χ0v) is 13.2. The number of benzene rings is 1. The van der Waals surface area contributed by atoms with E-state index >= 15 is 0 Å². The van der Waals surface area contributed by atoms with Gasteiger partial charge in [0.05, 0.1) is 6.54 Å². The van der Waals surface area contributed by atoms with Crippen LogP contribution in [0.2, 0.25) is 0 Å². The highest BCUT2D eigenvalue weighted by molar-refractivity contribution is 7.92. The van der Waals surface area contributed by atoms with Crippen molar-refractivity contribution in [2.24, 2.45) is 0 Å². The van der Waals surface area contributed by atoms with Gasteiger partial charge in [0.25, 0.3) is 0 Å². The van der Waals surface area contributed by atoms with E-state index in [-0.39, 0.29) is 6.54 Å². The molecule has 116 valence electrons. The van der Waals surface area contributed by atoms with Crippen molar-refractivity contribution in [3.05, 3.63) is 29.3 Å². The van der Waals surface area contributed by atoms with Crippen LogP contribution in [0.3, 0.4) is 0 Å². The van der Waals surface area contributed by atoms with Crippen LogP contribution in [0.25, 0.3) is 0 Å². The number of carbonyl (C=O) groups excluding carboxylic acids is 1. The molecule has 1 aromatic carbocycles. The summed E-state index contributed by atoms with van der Waals surface area (Å²) in [6.45, 7) is 1.99. The van der Waals surface area contributed by atoms with Crippen LogP contribution in [0, 0.1) is 0 Å². The first-order valence-electron chi connectivity index (χ1n) is 7.09. The first kappa shape index (κ1) is 15.8. The Morgan fingerprint density at radius 1 is 1.33 bits per heavy atom. The number of nitrogens with one attached hydrogen (secondary N) is 1. The molecule has 0 radical (unpaired) electrons. The van der Waals surface area contributed by atoms with Crippen LogP contribution in [0.15, 0.2) is 18.2 Å². The molecule has 0 spiro atoms. The Kier molecular flexibility index (Phi) is 4.88. The maximum atomic E-state index is 11.6. The van der Waals surface area contributed by atoms with Gasteiger partial charge >= 0.3 is 0 Å². The maximum absolute atomic E-state index is 11.6. The average molecular weight is 311 g/mol. The van der Waals surface area contributed by atoms with Crippen molar-refractivity contribution < 1.29 is 17.9 Å². The number of rotatable bonds is 6. The van der Waals surface area contributed by atoms with E-state index in [0.717, 1.165) is 24.8 Å². The third kappa shape index (κ3) is 4.20. The predicted octanol–water partition coefficient (Wildman–Crippen LogP) is 1.10. The molecule has 1 aliphatic carbocycles. The number of hydrogen-bond acceptors (Lipinski definition) is 4. The highest BCUT2D eigenvalue weighted by Gasteiger charge is 2.22. The first-order valence-corrected chi connectivity index (χ1v) is 9.04. The van der Waals surface area contributed by atoms with Gasteiger partial charge in [0.1, 0.15) is 17.6 Å². The van der Waals surface area contributed by atoms with Crippen LogP contribution < -0.4 is 10.1 Å². The quantitative estimate of drug-likeness (QED) is 0.799. The van der Waals surface area contributed by atoms with Gasteiger partial charge < -0.3 is 10.1 Å². The molecule has 0 heterocycles. The van der Waals surface area contributed by atoms with E-state index in [2.05, 4.69) is 11.4 Å². The lowest BCUT2D eigenvalue weighted by atomic mass is 10.1. The fourth-order valence-corrected chi connectivity index (χ4v) is 2.79. The number of sulfone groups is 1. The van der Waals surface area contributed by atoms with Crippen molar-refractivity contribution in [1.82, 2.24) is 5.32 Å². The summed E-state index contributed by atoms with van der Waals surface area (Å²) in [7, 11) is -3.35. The summed E-state index contributed by atoms with van der Waals surface area (Å²) < 4.78 is 28.1. The first-order chi connectivity index (χ1) is 9.88. The monoisotopic (exact) mass is 311 g/mol. The Morgan fingerprint density at radius 3 is 2.76 bits per heavy atom. The molecule has 2 rings (SSSR count). The number of fused-ring (bicyclic) bond motifs is 1. The van der Waals surface area contributed by atoms with Crippen LogP contribution >= 0.6 is 0 Å². The highest BCUT2D eigenvalue weighted by Crippen LogP contribution is 2.25. The fourth-order valence-electron chi connectivity index (χ4n) is 2.32. The minimum atomic E-state index is -3.35. The highest BCUT2D eigenvalue weighted by atomic mass is 32.2. The number of carbonyl (C=O) groups is 1. The molecule has 0 bridgehead atoms. The molecule has 1 N–H and O–H groups in total. The summed E-state index contributed by atoms with van der Waals surface area (Å²) in [5, 5.41) is 1.54. The van der Waals surface area contributed by atoms with E-state index < -0.39 is 21.0 Å². The topological polar surface area (TPSA) is 72.5 Å². The van der Waals surface area contributed by atoms with Gasteiger partial charge in [0, 0.05) is 6.26 Å². The zero-order valence-electron chi connectivity index (χ0n) is 12.4.